The van der Waals surface area contributed by atoms with Gasteiger partial charge in [-0.25, -0.2) is 9.97 Å². The van der Waals surface area contributed by atoms with Crippen molar-refractivity contribution in [3.05, 3.63) is 16.3 Å². The Morgan fingerprint density at radius 3 is 2.52 bits per heavy atom. The molecule has 0 radical (unpaired) electrons. The molecular formula is C23H36N6OS. The average molecular weight is 445 g/mol. The molecule has 0 amide bonds. The van der Waals surface area contributed by atoms with Crippen LogP contribution in [0.4, 0.5) is 5.82 Å². The van der Waals surface area contributed by atoms with Gasteiger partial charge < -0.3 is 14.5 Å². The molecule has 1 unspecified atom stereocenters. The highest BCUT2D eigenvalue weighted by atomic mass is 32.1. The van der Waals surface area contributed by atoms with Gasteiger partial charge in [0.2, 0.25) is 0 Å². The highest BCUT2D eigenvalue weighted by molar-refractivity contribution is 7.18. The molecule has 1 atom stereocenters. The predicted molar refractivity (Wildman–Crippen MR) is 127 cm³/mol. The number of piperidine rings is 1. The molecule has 3 fully saturated rings. The summed E-state index contributed by atoms with van der Waals surface area (Å²) in [4.78, 5) is 22.8. The topological polar surface area (TPSA) is 48.0 Å². The van der Waals surface area contributed by atoms with E-state index in [1.807, 2.05) is 11.3 Å². The summed E-state index contributed by atoms with van der Waals surface area (Å²) in [6, 6.07) is 0.716. The van der Waals surface area contributed by atoms with E-state index in [2.05, 4.69) is 40.5 Å². The molecule has 3 saturated heterocycles. The van der Waals surface area contributed by atoms with Gasteiger partial charge in [0.05, 0.1) is 25.1 Å². The van der Waals surface area contributed by atoms with Crippen LogP contribution >= 0.6 is 11.3 Å². The van der Waals surface area contributed by atoms with Crippen LogP contribution in [0.3, 0.4) is 0 Å². The first-order chi connectivity index (χ1) is 15.1. The first kappa shape index (κ1) is 21.5. The average Bonchev–Trinajstić information content (AvgIpc) is 3.07. The maximum absolute atomic E-state index is 5.52. The van der Waals surface area contributed by atoms with Crippen molar-refractivity contribution in [2.24, 2.45) is 0 Å². The molecule has 2 aromatic heterocycles. The van der Waals surface area contributed by atoms with Crippen molar-refractivity contribution in [2.75, 3.05) is 77.5 Å². The van der Waals surface area contributed by atoms with E-state index in [0.717, 1.165) is 75.5 Å². The van der Waals surface area contributed by atoms with Crippen LogP contribution < -0.4 is 4.90 Å². The van der Waals surface area contributed by atoms with Gasteiger partial charge in [0.15, 0.2) is 0 Å². The minimum absolute atomic E-state index is 0.716. The number of ether oxygens (including phenoxy) is 1. The molecule has 31 heavy (non-hydrogen) atoms. The van der Waals surface area contributed by atoms with Gasteiger partial charge in [-0.05, 0) is 45.8 Å². The van der Waals surface area contributed by atoms with Crippen molar-refractivity contribution >= 4 is 27.4 Å². The molecule has 0 aliphatic carbocycles. The zero-order valence-electron chi connectivity index (χ0n) is 19.3. The van der Waals surface area contributed by atoms with Gasteiger partial charge in [-0.2, -0.15) is 0 Å². The zero-order chi connectivity index (χ0) is 21.4. The largest absolute Gasteiger partial charge is 0.379 e. The van der Waals surface area contributed by atoms with E-state index in [-0.39, 0.29) is 0 Å². The Labute approximate surface area is 190 Å². The highest BCUT2D eigenvalue weighted by Gasteiger charge is 2.29. The number of rotatable bonds is 4. The van der Waals surface area contributed by atoms with Gasteiger partial charge in [-0.15, -0.1) is 11.3 Å². The van der Waals surface area contributed by atoms with Gasteiger partial charge in [-0.1, -0.05) is 0 Å². The molecule has 0 aromatic carbocycles. The van der Waals surface area contributed by atoms with Crippen LogP contribution in [-0.4, -0.2) is 103 Å². The number of likely N-dealkylation sites (tertiary alicyclic amines) is 1. The molecule has 2 aromatic rings. The molecule has 0 saturated carbocycles. The normalized spacial score (nSPS) is 24.9. The van der Waals surface area contributed by atoms with Gasteiger partial charge in [0.25, 0.3) is 0 Å². The SMILES string of the molecule is Cc1sc2nc(CN3CCOCC3)nc(N3CCN(C4CCCN(C)C4)CC3)c2c1C. The smallest absolute Gasteiger partial charge is 0.146 e. The lowest BCUT2D eigenvalue weighted by Gasteiger charge is -2.43. The van der Waals surface area contributed by atoms with Crippen molar-refractivity contribution in [1.29, 1.82) is 0 Å². The molecule has 0 bridgehead atoms. The van der Waals surface area contributed by atoms with Crippen LogP contribution in [0, 0.1) is 13.8 Å². The first-order valence-electron chi connectivity index (χ1n) is 11.8. The number of piperazine rings is 1. The van der Waals surface area contributed by atoms with E-state index >= 15 is 0 Å². The van der Waals surface area contributed by atoms with Crippen LogP contribution in [-0.2, 0) is 11.3 Å². The standard InChI is InChI=1S/C23H36N6OS/c1-17-18(2)31-23-21(17)22(24-20(25-23)16-27-11-13-30-14-12-27)29-9-7-28(8-10-29)19-5-4-6-26(3)15-19/h19H,4-16H2,1-3H3. The molecule has 5 rings (SSSR count). The lowest BCUT2D eigenvalue weighted by Crippen LogP contribution is -2.54. The third-order valence-electron chi connectivity index (χ3n) is 7.25. The van der Waals surface area contributed by atoms with Crippen LogP contribution in [0.1, 0.15) is 29.1 Å². The van der Waals surface area contributed by atoms with E-state index < -0.39 is 0 Å². The molecule has 3 aliphatic heterocycles. The second kappa shape index (κ2) is 9.27. The number of aromatic nitrogens is 2. The fraction of sp³-hybridized carbons (Fsp3) is 0.739. The maximum Gasteiger partial charge on any atom is 0.146 e. The summed E-state index contributed by atoms with van der Waals surface area (Å²) in [6.45, 7) is 15.6. The fourth-order valence-corrected chi connectivity index (χ4v) is 6.31. The van der Waals surface area contributed by atoms with E-state index in [1.165, 1.54) is 41.8 Å². The monoisotopic (exact) mass is 444 g/mol. The Kier molecular flexibility index (Phi) is 6.44. The zero-order valence-corrected chi connectivity index (χ0v) is 20.1. The van der Waals surface area contributed by atoms with Crippen molar-refractivity contribution in [3.63, 3.8) is 0 Å². The molecule has 0 spiro atoms. The minimum Gasteiger partial charge on any atom is -0.379 e. The number of hydrogen-bond acceptors (Lipinski definition) is 8. The Balaban J connectivity index is 1.36. The second-order valence-corrected chi connectivity index (χ2v) is 10.6. The number of aryl methyl sites for hydroxylation is 2. The molecule has 7 nitrogen and oxygen atoms in total. The fourth-order valence-electron chi connectivity index (χ4n) is 5.27. The number of nitrogens with zero attached hydrogens (tertiary/aromatic N) is 6. The summed E-state index contributed by atoms with van der Waals surface area (Å²) in [5.74, 6) is 2.12. The number of fused-ring (bicyclic) bond motifs is 1. The summed E-state index contributed by atoms with van der Waals surface area (Å²) < 4.78 is 5.52. The molecule has 0 N–H and O–H groups in total. The number of thiophene rings is 1. The first-order valence-corrected chi connectivity index (χ1v) is 12.6. The Morgan fingerprint density at radius 2 is 1.77 bits per heavy atom. The number of anilines is 1. The second-order valence-electron chi connectivity index (χ2n) is 9.40. The number of likely N-dealkylation sites (N-methyl/N-ethyl adjacent to an activating group) is 1. The lowest BCUT2D eigenvalue weighted by molar-refractivity contribution is 0.0331. The highest BCUT2D eigenvalue weighted by Crippen LogP contribution is 2.35. The molecule has 5 heterocycles. The van der Waals surface area contributed by atoms with Crippen LogP contribution in [0.25, 0.3) is 10.2 Å². The molecule has 170 valence electrons. The van der Waals surface area contributed by atoms with E-state index in [4.69, 9.17) is 14.7 Å². The van der Waals surface area contributed by atoms with Crippen LogP contribution in [0.15, 0.2) is 0 Å². The van der Waals surface area contributed by atoms with Gasteiger partial charge in [0, 0.05) is 56.7 Å². The Hall–Kier alpha value is -1.32. The lowest BCUT2D eigenvalue weighted by atomic mass is 10.0. The molecule has 3 aliphatic rings. The van der Waals surface area contributed by atoms with Crippen LogP contribution in [0.5, 0.6) is 0 Å². The van der Waals surface area contributed by atoms with Gasteiger partial charge >= 0.3 is 0 Å². The van der Waals surface area contributed by atoms with Crippen molar-refractivity contribution < 1.29 is 4.74 Å². The van der Waals surface area contributed by atoms with E-state index in [1.54, 1.807) is 0 Å². The molecule has 8 heteroatoms. The van der Waals surface area contributed by atoms with Crippen molar-refractivity contribution in [1.82, 2.24) is 24.7 Å². The Bertz CT molecular complexity index is 903. The summed E-state index contributed by atoms with van der Waals surface area (Å²) in [6.07, 6.45) is 2.67. The third kappa shape index (κ3) is 4.59. The van der Waals surface area contributed by atoms with E-state index in [9.17, 15) is 0 Å². The third-order valence-corrected chi connectivity index (χ3v) is 8.36. The Morgan fingerprint density at radius 1 is 1.00 bits per heavy atom. The number of morpholine rings is 1. The molecular weight excluding hydrogens is 408 g/mol. The quantitative estimate of drug-likeness (QED) is 0.717. The predicted octanol–water partition coefficient (Wildman–Crippen LogP) is 2.36. The maximum atomic E-state index is 5.52. The summed E-state index contributed by atoms with van der Waals surface area (Å²) >= 11 is 1.82. The van der Waals surface area contributed by atoms with Gasteiger partial charge in [-0.3, -0.25) is 9.80 Å². The summed E-state index contributed by atoms with van der Waals surface area (Å²) in [5, 5.41) is 1.28. The van der Waals surface area contributed by atoms with Crippen LogP contribution in [0.2, 0.25) is 0 Å². The summed E-state index contributed by atoms with van der Waals surface area (Å²) in [7, 11) is 2.26. The summed E-state index contributed by atoms with van der Waals surface area (Å²) in [5.41, 5.74) is 1.35. The van der Waals surface area contributed by atoms with E-state index in [0.29, 0.717) is 6.04 Å². The number of hydrogen-bond donors (Lipinski definition) is 0. The van der Waals surface area contributed by atoms with Crippen molar-refractivity contribution in [3.8, 4) is 0 Å². The van der Waals surface area contributed by atoms with Crippen molar-refractivity contribution in [2.45, 2.75) is 39.3 Å². The minimum atomic E-state index is 0.716. The van der Waals surface area contributed by atoms with Gasteiger partial charge in [0.1, 0.15) is 16.5 Å².